The fourth-order valence-corrected chi connectivity index (χ4v) is 3.25. The highest BCUT2D eigenvalue weighted by Gasteiger charge is 2.20. The Bertz CT molecular complexity index is 883. The number of carbonyl (C=O) groups excluding carboxylic acids is 1. The third kappa shape index (κ3) is 6.56. The number of sulfonamides is 1. The summed E-state index contributed by atoms with van der Waals surface area (Å²) in [5.74, 6) is -0.263. The molecule has 0 spiro atoms. The minimum atomic E-state index is -3.70. The Kier molecular flexibility index (Phi) is 6.79. The van der Waals surface area contributed by atoms with Gasteiger partial charge in [-0.05, 0) is 55.8 Å². The Morgan fingerprint density at radius 3 is 2.44 bits per heavy atom. The first kappa shape index (κ1) is 20.7. The van der Waals surface area contributed by atoms with Crippen LogP contribution in [-0.4, -0.2) is 33.2 Å². The molecule has 0 atom stereocenters. The maximum atomic E-state index is 13.1. The second-order valence-electron chi connectivity index (χ2n) is 6.34. The van der Waals surface area contributed by atoms with Crippen molar-refractivity contribution in [1.82, 2.24) is 5.32 Å². The van der Waals surface area contributed by atoms with E-state index in [1.165, 1.54) is 12.1 Å². The minimum absolute atomic E-state index is 0.0360. The highest BCUT2D eigenvalue weighted by Crippen LogP contribution is 2.18. The number of nitrogens with one attached hydrogen (secondary N) is 1. The van der Waals surface area contributed by atoms with Gasteiger partial charge in [0.15, 0.2) is 0 Å². The molecule has 1 amide bonds. The third-order valence-electron chi connectivity index (χ3n) is 3.56. The largest absolute Gasteiger partial charge is 0.491 e. The molecule has 0 bridgehead atoms. The summed E-state index contributed by atoms with van der Waals surface area (Å²) in [4.78, 5) is 12.3. The zero-order valence-electron chi connectivity index (χ0n) is 15.5. The van der Waals surface area contributed by atoms with Gasteiger partial charge in [-0.25, -0.2) is 12.8 Å². The van der Waals surface area contributed by atoms with E-state index in [2.05, 4.69) is 5.32 Å². The number of rotatable bonds is 8. The van der Waals surface area contributed by atoms with E-state index in [1.54, 1.807) is 0 Å². The van der Waals surface area contributed by atoms with Gasteiger partial charge in [-0.3, -0.25) is 9.10 Å². The van der Waals surface area contributed by atoms with Crippen LogP contribution in [0.1, 0.15) is 19.4 Å². The van der Waals surface area contributed by atoms with Crippen LogP contribution in [0.15, 0.2) is 48.5 Å². The molecule has 0 unspecified atom stereocenters. The first-order valence-electron chi connectivity index (χ1n) is 8.41. The number of benzene rings is 2. The molecule has 0 aromatic heterocycles. The van der Waals surface area contributed by atoms with E-state index < -0.39 is 28.3 Å². The van der Waals surface area contributed by atoms with Crippen molar-refractivity contribution >= 4 is 21.6 Å². The zero-order chi connectivity index (χ0) is 20.0. The predicted molar refractivity (Wildman–Crippen MR) is 103 cm³/mol. The number of ether oxygens (including phenoxy) is 1. The number of nitrogens with zero attached hydrogens (tertiary/aromatic N) is 1. The fraction of sp³-hybridized carbons (Fsp3) is 0.316. The maximum absolute atomic E-state index is 13.1. The van der Waals surface area contributed by atoms with Gasteiger partial charge in [0.2, 0.25) is 15.9 Å². The molecule has 0 heterocycles. The topological polar surface area (TPSA) is 75.7 Å². The highest BCUT2D eigenvalue weighted by molar-refractivity contribution is 7.92. The van der Waals surface area contributed by atoms with E-state index in [-0.39, 0.29) is 18.3 Å². The smallest absolute Gasteiger partial charge is 0.241 e. The van der Waals surface area contributed by atoms with Crippen molar-refractivity contribution < 1.29 is 22.3 Å². The van der Waals surface area contributed by atoms with Crippen molar-refractivity contribution in [2.45, 2.75) is 26.5 Å². The van der Waals surface area contributed by atoms with Gasteiger partial charge in [-0.2, -0.15) is 0 Å². The van der Waals surface area contributed by atoms with Crippen LogP contribution in [0.25, 0.3) is 0 Å². The van der Waals surface area contributed by atoms with E-state index in [9.17, 15) is 17.6 Å². The molecular formula is C19H23FN2O4S. The van der Waals surface area contributed by atoms with E-state index in [0.29, 0.717) is 5.75 Å². The van der Waals surface area contributed by atoms with E-state index in [1.807, 2.05) is 38.1 Å². The van der Waals surface area contributed by atoms with Gasteiger partial charge < -0.3 is 10.1 Å². The molecule has 1 N–H and O–H groups in total. The Balaban J connectivity index is 2.03. The Morgan fingerprint density at radius 2 is 1.85 bits per heavy atom. The Morgan fingerprint density at radius 1 is 1.19 bits per heavy atom. The van der Waals surface area contributed by atoms with E-state index in [4.69, 9.17) is 4.74 Å². The molecule has 2 aromatic carbocycles. The number of amides is 1. The number of anilines is 1. The highest BCUT2D eigenvalue weighted by atomic mass is 32.2. The minimum Gasteiger partial charge on any atom is -0.491 e. The third-order valence-corrected chi connectivity index (χ3v) is 4.70. The van der Waals surface area contributed by atoms with Crippen LogP contribution in [0, 0.1) is 5.82 Å². The van der Waals surface area contributed by atoms with Crippen LogP contribution in [0.5, 0.6) is 5.75 Å². The van der Waals surface area contributed by atoms with Crippen molar-refractivity contribution in [2.75, 3.05) is 17.1 Å². The van der Waals surface area contributed by atoms with Crippen molar-refractivity contribution in [3.8, 4) is 5.75 Å². The van der Waals surface area contributed by atoms with Crippen molar-refractivity contribution in [2.24, 2.45) is 0 Å². The van der Waals surface area contributed by atoms with Gasteiger partial charge in [0, 0.05) is 6.54 Å². The zero-order valence-corrected chi connectivity index (χ0v) is 16.3. The Hall–Kier alpha value is -2.61. The van der Waals surface area contributed by atoms with Crippen LogP contribution < -0.4 is 14.4 Å². The lowest BCUT2D eigenvalue weighted by Crippen LogP contribution is -2.40. The second-order valence-corrected chi connectivity index (χ2v) is 8.24. The van der Waals surface area contributed by atoms with Crippen LogP contribution in [-0.2, 0) is 21.4 Å². The molecule has 0 aliphatic carbocycles. The number of hydrogen-bond donors (Lipinski definition) is 1. The summed E-state index contributed by atoms with van der Waals surface area (Å²) in [6, 6.07) is 12.2. The standard InChI is InChI=1S/C19H23FN2O4S/c1-14(2)26-18-6-4-5-15(11-18)12-21-19(23)13-22(27(3,24)25)17-9-7-16(20)8-10-17/h4-11,14H,12-13H2,1-3H3,(H,21,23). The second kappa shape index (κ2) is 8.85. The lowest BCUT2D eigenvalue weighted by atomic mass is 10.2. The number of hydrogen-bond acceptors (Lipinski definition) is 4. The average Bonchev–Trinajstić information content (AvgIpc) is 2.58. The van der Waals surface area contributed by atoms with E-state index >= 15 is 0 Å². The van der Waals surface area contributed by atoms with Crippen molar-refractivity contribution in [3.63, 3.8) is 0 Å². The molecule has 0 radical (unpaired) electrons. The summed E-state index contributed by atoms with van der Waals surface area (Å²) >= 11 is 0. The lowest BCUT2D eigenvalue weighted by Gasteiger charge is -2.22. The van der Waals surface area contributed by atoms with Gasteiger partial charge in [0.25, 0.3) is 0 Å². The monoisotopic (exact) mass is 394 g/mol. The van der Waals surface area contributed by atoms with Crippen LogP contribution >= 0.6 is 0 Å². The molecule has 0 aliphatic rings. The van der Waals surface area contributed by atoms with Crippen LogP contribution in [0.3, 0.4) is 0 Å². The molecule has 0 saturated carbocycles. The molecule has 6 nitrogen and oxygen atoms in total. The van der Waals surface area contributed by atoms with Crippen molar-refractivity contribution in [1.29, 1.82) is 0 Å². The summed E-state index contributed by atoms with van der Waals surface area (Å²) in [5.41, 5.74) is 1.05. The maximum Gasteiger partial charge on any atom is 0.241 e. The summed E-state index contributed by atoms with van der Waals surface area (Å²) in [5, 5.41) is 2.69. The molecule has 2 rings (SSSR count). The summed E-state index contributed by atoms with van der Waals surface area (Å²) < 4.78 is 43.6. The van der Waals surface area contributed by atoms with Gasteiger partial charge in [0.05, 0.1) is 18.0 Å². The normalized spacial score (nSPS) is 11.3. The lowest BCUT2D eigenvalue weighted by molar-refractivity contribution is -0.119. The first-order chi connectivity index (χ1) is 12.6. The molecule has 0 aliphatic heterocycles. The van der Waals surface area contributed by atoms with E-state index in [0.717, 1.165) is 28.3 Å². The molecular weight excluding hydrogens is 371 g/mol. The predicted octanol–water partition coefficient (Wildman–Crippen LogP) is 2.70. The Labute approximate surface area is 159 Å². The van der Waals surface area contributed by atoms with Crippen LogP contribution in [0.2, 0.25) is 0 Å². The van der Waals surface area contributed by atoms with Gasteiger partial charge in [-0.15, -0.1) is 0 Å². The molecule has 0 fully saturated rings. The summed E-state index contributed by atoms with van der Waals surface area (Å²) in [7, 11) is -3.70. The summed E-state index contributed by atoms with van der Waals surface area (Å²) in [6.45, 7) is 3.68. The molecule has 8 heteroatoms. The fourth-order valence-electron chi connectivity index (χ4n) is 2.40. The molecule has 2 aromatic rings. The molecule has 146 valence electrons. The SMILES string of the molecule is CC(C)Oc1cccc(CNC(=O)CN(c2ccc(F)cc2)S(C)(=O)=O)c1. The molecule has 0 saturated heterocycles. The average molecular weight is 394 g/mol. The first-order valence-corrected chi connectivity index (χ1v) is 10.3. The quantitative estimate of drug-likeness (QED) is 0.747. The molecule has 27 heavy (non-hydrogen) atoms. The van der Waals surface area contributed by atoms with Gasteiger partial charge >= 0.3 is 0 Å². The van der Waals surface area contributed by atoms with Gasteiger partial charge in [0.1, 0.15) is 18.1 Å². The number of halogens is 1. The number of carbonyl (C=O) groups is 1. The van der Waals surface area contributed by atoms with Crippen LogP contribution in [0.4, 0.5) is 10.1 Å². The van der Waals surface area contributed by atoms with Gasteiger partial charge in [-0.1, -0.05) is 12.1 Å². The van der Waals surface area contributed by atoms with Crippen molar-refractivity contribution in [3.05, 3.63) is 59.9 Å². The summed E-state index contributed by atoms with van der Waals surface area (Å²) in [6.07, 6.45) is 1.03.